The van der Waals surface area contributed by atoms with Gasteiger partial charge in [0, 0.05) is 14.2 Å². The van der Waals surface area contributed by atoms with Crippen molar-refractivity contribution in [1.82, 2.24) is 0 Å². The zero-order valence-corrected chi connectivity index (χ0v) is 11.3. The summed E-state index contributed by atoms with van der Waals surface area (Å²) in [4.78, 5) is 0. The Morgan fingerprint density at radius 3 is 1.40 bits per heavy atom. The normalized spacial score (nSPS) is 19.5. The topological polar surface area (TPSA) is 71.1 Å². The molecule has 0 saturated carbocycles. The lowest BCUT2D eigenvalue weighted by Crippen LogP contribution is -2.02. The van der Waals surface area contributed by atoms with E-state index >= 15 is 0 Å². The molecule has 15 heavy (non-hydrogen) atoms. The van der Waals surface area contributed by atoms with Gasteiger partial charge in [-0.1, -0.05) is 0 Å². The summed E-state index contributed by atoms with van der Waals surface area (Å²) >= 11 is 0. The zero-order chi connectivity index (χ0) is 11.9. The Bertz CT molecular complexity index is 240. The van der Waals surface area contributed by atoms with Gasteiger partial charge in [-0.25, -0.2) is 0 Å². The summed E-state index contributed by atoms with van der Waals surface area (Å²) < 4.78 is 43.0. The molecule has 0 aliphatic rings. The lowest BCUT2D eigenvalue weighted by Gasteiger charge is -2.20. The first kappa shape index (κ1) is 15.3. The quantitative estimate of drug-likeness (QED) is 0.625. The molecule has 0 aromatic heterocycles. The van der Waals surface area contributed by atoms with E-state index in [1.165, 1.54) is 14.2 Å². The minimum absolute atomic E-state index is 0.209. The fraction of sp³-hybridized carbons (Fsp3) is 1.00. The van der Waals surface area contributed by atoms with Crippen LogP contribution in [0.25, 0.3) is 0 Å². The first-order valence-corrected chi connectivity index (χ1v) is 7.99. The number of hydrogen-bond donors (Lipinski definition) is 0. The summed E-state index contributed by atoms with van der Waals surface area (Å²) in [6, 6.07) is 0. The van der Waals surface area contributed by atoms with E-state index in [9.17, 15) is 9.13 Å². The highest BCUT2D eigenvalue weighted by Crippen LogP contribution is 2.63. The summed E-state index contributed by atoms with van der Waals surface area (Å²) in [5, 5.41) is 0. The summed E-state index contributed by atoms with van der Waals surface area (Å²) in [6.07, 6.45) is 0. The number of rotatable bonds is 8. The third-order valence-electron chi connectivity index (χ3n) is 1.55. The molecule has 0 aromatic rings. The second-order valence-electron chi connectivity index (χ2n) is 2.56. The summed E-state index contributed by atoms with van der Waals surface area (Å²) in [7, 11) is -4.29. The van der Waals surface area contributed by atoms with Gasteiger partial charge in [-0.05, 0) is 13.8 Å². The van der Waals surface area contributed by atoms with Crippen LogP contribution in [0.5, 0.6) is 0 Å². The molecule has 8 heteroatoms. The Morgan fingerprint density at radius 1 is 0.867 bits per heavy atom. The Morgan fingerprint density at radius 2 is 1.20 bits per heavy atom. The minimum Gasteiger partial charge on any atom is -0.311 e. The third-order valence-corrected chi connectivity index (χ3v) is 6.74. The molecule has 0 heterocycles. The summed E-state index contributed by atoms with van der Waals surface area (Å²) in [5.74, 6) is -0.366. The molecule has 2 atom stereocenters. The van der Waals surface area contributed by atoms with E-state index in [0.717, 1.165) is 0 Å². The molecule has 6 nitrogen and oxygen atoms in total. The van der Waals surface area contributed by atoms with Gasteiger partial charge in [-0.2, -0.15) is 0 Å². The van der Waals surface area contributed by atoms with Crippen molar-refractivity contribution in [3.8, 4) is 0 Å². The highest BCUT2D eigenvalue weighted by molar-refractivity contribution is 7.71. The molecule has 0 saturated heterocycles. The number of hydrogen-bond acceptors (Lipinski definition) is 6. The van der Waals surface area contributed by atoms with Crippen LogP contribution in [-0.4, -0.2) is 33.3 Å². The van der Waals surface area contributed by atoms with E-state index in [1.54, 1.807) is 13.8 Å². The molecule has 0 aliphatic carbocycles. The van der Waals surface area contributed by atoms with Crippen LogP contribution in [0.4, 0.5) is 0 Å². The van der Waals surface area contributed by atoms with Gasteiger partial charge in [0.1, 0.15) is 0 Å². The Hall–Kier alpha value is 0.300. The molecule has 0 bridgehead atoms. The standard InChI is InChI=1S/C7H18O6P2/c1-5-12-14(8,10-3)7-15(9,11-4)13-6-2/h5-7H2,1-4H3. The molecule has 0 amide bonds. The van der Waals surface area contributed by atoms with Crippen LogP contribution in [0.1, 0.15) is 13.8 Å². The maximum absolute atomic E-state index is 11.9. The highest BCUT2D eigenvalue weighted by atomic mass is 31.2. The van der Waals surface area contributed by atoms with Gasteiger partial charge in [-0.15, -0.1) is 0 Å². The van der Waals surface area contributed by atoms with Gasteiger partial charge in [0.2, 0.25) is 0 Å². The van der Waals surface area contributed by atoms with Crippen LogP contribution in [0, 0.1) is 0 Å². The first-order chi connectivity index (χ1) is 6.95. The van der Waals surface area contributed by atoms with Crippen LogP contribution < -0.4 is 0 Å². The lowest BCUT2D eigenvalue weighted by atomic mass is 10.9. The van der Waals surface area contributed by atoms with Crippen molar-refractivity contribution in [2.75, 3.05) is 33.3 Å². The molecular formula is C7H18O6P2. The lowest BCUT2D eigenvalue weighted by molar-refractivity contribution is 0.230. The molecule has 0 fully saturated rings. The Kier molecular flexibility index (Phi) is 6.93. The first-order valence-electron chi connectivity index (χ1n) is 4.54. The van der Waals surface area contributed by atoms with Crippen molar-refractivity contribution in [1.29, 1.82) is 0 Å². The van der Waals surface area contributed by atoms with Crippen LogP contribution in [-0.2, 0) is 27.2 Å². The van der Waals surface area contributed by atoms with Crippen molar-refractivity contribution in [2.24, 2.45) is 0 Å². The SMILES string of the molecule is CCOP(=O)(CP(=O)(OC)OCC)OC. The molecule has 2 unspecified atom stereocenters. The predicted octanol–water partition coefficient (Wildman–Crippen LogP) is 2.70. The molecule has 0 N–H and O–H groups in total. The average Bonchev–Trinajstić information content (AvgIpc) is 2.18. The molecule has 0 aromatic carbocycles. The van der Waals surface area contributed by atoms with Gasteiger partial charge < -0.3 is 18.1 Å². The van der Waals surface area contributed by atoms with Crippen molar-refractivity contribution < 1.29 is 27.2 Å². The van der Waals surface area contributed by atoms with Crippen molar-refractivity contribution in [3.05, 3.63) is 0 Å². The third kappa shape index (κ3) is 5.25. The van der Waals surface area contributed by atoms with E-state index < -0.39 is 15.2 Å². The average molecular weight is 260 g/mol. The van der Waals surface area contributed by atoms with Gasteiger partial charge in [-0.3, -0.25) is 9.13 Å². The second kappa shape index (κ2) is 6.79. The monoisotopic (exact) mass is 260 g/mol. The van der Waals surface area contributed by atoms with Crippen LogP contribution >= 0.6 is 15.2 Å². The smallest absolute Gasteiger partial charge is 0.311 e. The van der Waals surface area contributed by atoms with E-state index in [2.05, 4.69) is 0 Å². The maximum atomic E-state index is 11.9. The molecule has 0 aliphatic heterocycles. The second-order valence-corrected chi connectivity index (χ2v) is 7.39. The van der Waals surface area contributed by atoms with Crippen LogP contribution in [0.15, 0.2) is 0 Å². The fourth-order valence-corrected chi connectivity index (χ4v) is 5.18. The molecule has 0 spiro atoms. The predicted molar refractivity (Wildman–Crippen MR) is 57.4 cm³/mol. The van der Waals surface area contributed by atoms with Gasteiger partial charge in [0.05, 0.1) is 13.2 Å². The fourth-order valence-electron chi connectivity index (χ4n) is 0.908. The molecular weight excluding hydrogens is 242 g/mol. The Labute approximate surface area is 90.3 Å². The van der Waals surface area contributed by atoms with E-state index in [0.29, 0.717) is 0 Å². The molecule has 0 radical (unpaired) electrons. The van der Waals surface area contributed by atoms with Crippen molar-refractivity contribution in [2.45, 2.75) is 13.8 Å². The van der Waals surface area contributed by atoms with Crippen LogP contribution in [0.2, 0.25) is 0 Å². The van der Waals surface area contributed by atoms with Crippen molar-refractivity contribution in [3.63, 3.8) is 0 Å². The Balaban J connectivity index is 4.63. The van der Waals surface area contributed by atoms with Gasteiger partial charge >= 0.3 is 15.2 Å². The summed E-state index contributed by atoms with van der Waals surface area (Å²) in [5.41, 5.74) is 0. The highest BCUT2D eigenvalue weighted by Gasteiger charge is 2.36. The van der Waals surface area contributed by atoms with E-state index in [4.69, 9.17) is 18.1 Å². The van der Waals surface area contributed by atoms with Crippen LogP contribution in [0.3, 0.4) is 0 Å². The maximum Gasteiger partial charge on any atom is 0.342 e. The van der Waals surface area contributed by atoms with E-state index in [-0.39, 0.29) is 19.1 Å². The molecule has 0 rings (SSSR count). The van der Waals surface area contributed by atoms with Gasteiger partial charge in [0.15, 0.2) is 5.90 Å². The summed E-state index contributed by atoms with van der Waals surface area (Å²) in [6.45, 7) is 3.76. The molecule has 92 valence electrons. The van der Waals surface area contributed by atoms with Crippen molar-refractivity contribution >= 4 is 15.2 Å². The largest absolute Gasteiger partial charge is 0.342 e. The van der Waals surface area contributed by atoms with E-state index in [1.807, 2.05) is 0 Å². The minimum atomic E-state index is -3.38. The zero-order valence-electron chi connectivity index (χ0n) is 9.47. The van der Waals surface area contributed by atoms with Gasteiger partial charge in [0.25, 0.3) is 0 Å².